The maximum absolute atomic E-state index is 12.5. The molecule has 0 aromatic heterocycles. The molecule has 0 unspecified atom stereocenters. The van der Waals surface area contributed by atoms with Crippen molar-refractivity contribution in [2.24, 2.45) is 0 Å². The van der Waals surface area contributed by atoms with Crippen molar-refractivity contribution >= 4 is 17.9 Å². The third-order valence-electron chi connectivity index (χ3n) is 4.39. The van der Waals surface area contributed by atoms with E-state index in [4.69, 9.17) is 4.74 Å². The summed E-state index contributed by atoms with van der Waals surface area (Å²) in [6.07, 6.45) is 5.06. The van der Waals surface area contributed by atoms with E-state index in [9.17, 15) is 14.4 Å². The highest BCUT2D eigenvalue weighted by molar-refractivity contribution is 5.90. The van der Waals surface area contributed by atoms with Crippen molar-refractivity contribution in [1.82, 2.24) is 16.0 Å². The van der Waals surface area contributed by atoms with Crippen molar-refractivity contribution in [3.05, 3.63) is 35.9 Å². The maximum atomic E-state index is 12.5. The van der Waals surface area contributed by atoms with Crippen LogP contribution in [0.25, 0.3) is 0 Å². The molecule has 0 saturated carbocycles. The van der Waals surface area contributed by atoms with Gasteiger partial charge in [-0.25, -0.2) is 4.79 Å². The number of carbonyl (C=O) groups excluding carboxylic acids is 3. The predicted octanol–water partition coefficient (Wildman–Crippen LogP) is 3.28. The number of carbonyl (C=O) groups is 3. The number of hydrogen-bond acceptors (Lipinski definition) is 4. The minimum Gasteiger partial charge on any atom is -0.445 e. The lowest BCUT2D eigenvalue weighted by Gasteiger charge is -2.18. The summed E-state index contributed by atoms with van der Waals surface area (Å²) in [5.41, 5.74) is 0.844. The fraction of sp³-hybridized carbons (Fsp3) is 0.591. The molecular formula is C22H35N3O4. The molecule has 0 aliphatic rings. The molecule has 3 amide bonds. The monoisotopic (exact) mass is 405 g/mol. The minimum absolute atomic E-state index is 0.0979. The molecule has 162 valence electrons. The molecule has 0 heterocycles. The van der Waals surface area contributed by atoms with Crippen LogP contribution >= 0.6 is 0 Å². The first-order valence-electron chi connectivity index (χ1n) is 10.6. The van der Waals surface area contributed by atoms with Crippen LogP contribution in [0.1, 0.15) is 64.4 Å². The molecule has 1 aromatic carbocycles. The van der Waals surface area contributed by atoms with Gasteiger partial charge in [-0.1, -0.05) is 69.9 Å². The van der Waals surface area contributed by atoms with Crippen LogP contribution in [0.3, 0.4) is 0 Å². The zero-order chi connectivity index (χ0) is 21.3. The Morgan fingerprint density at radius 1 is 0.897 bits per heavy atom. The molecule has 29 heavy (non-hydrogen) atoms. The number of benzene rings is 1. The highest BCUT2D eigenvalue weighted by Gasteiger charge is 2.24. The van der Waals surface area contributed by atoms with E-state index in [1.165, 1.54) is 0 Å². The van der Waals surface area contributed by atoms with Crippen LogP contribution in [0.4, 0.5) is 4.79 Å². The Morgan fingerprint density at radius 3 is 2.14 bits per heavy atom. The van der Waals surface area contributed by atoms with E-state index in [-0.39, 0.29) is 24.8 Å². The van der Waals surface area contributed by atoms with Gasteiger partial charge in [0.1, 0.15) is 12.6 Å². The van der Waals surface area contributed by atoms with Crippen LogP contribution in [-0.2, 0) is 20.9 Å². The van der Waals surface area contributed by atoms with Gasteiger partial charge < -0.3 is 20.7 Å². The van der Waals surface area contributed by atoms with Crippen molar-refractivity contribution in [2.45, 2.75) is 71.4 Å². The number of rotatable bonds is 14. The first kappa shape index (κ1) is 24.5. The van der Waals surface area contributed by atoms with Gasteiger partial charge in [0.05, 0.1) is 6.42 Å². The third kappa shape index (κ3) is 11.8. The SMILES string of the molecule is CCCCCNC(=O)C[C@@H](NC(=O)OCc1ccccc1)C(=O)NCCCCC. The molecule has 0 fully saturated rings. The van der Waals surface area contributed by atoms with E-state index in [0.29, 0.717) is 13.1 Å². The lowest BCUT2D eigenvalue weighted by atomic mass is 10.1. The molecule has 0 bridgehead atoms. The Kier molecular flexibility index (Phi) is 13.0. The molecule has 0 saturated heterocycles. The summed E-state index contributed by atoms with van der Waals surface area (Å²) in [4.78, 5) is 36.8. The van der Waals surface area contributed by atoms with Gasteiger partial charge in [-0.3, -0.25) is 9.59 Å². The number of amides is 3. The standard InChI is InChI=1S/C22H35N3O4/c1-3-5-10-14-23-20(26)16-19(21(27)24-15-11-6-4-2)25-22(28)29-17-18-12-8-7-9-13-18/h7-9,12-13,19H,3-6,10-11,14-17H2,1-2H3,(H,23,26)(H,24,27)(H,25,28)/t19-/m1/s1. The maximum Gasteiger partial charge on any atom is 0.408 e. The second-order valence-corrected chi connectivity index (χ2v) is 7.02. The first-order chi connectivity index (χ1) is 14.1. The Labute approximate surface area is 174 Å². The highest BCUT2D eigenvalue weighted by Crippen LogP contribution is 2.02. The van der Waals surface area contributed by atoms with Gasteiger partial charge in [0.15, 0.2) is 0 Å². The number of nitrogens with one attached hydrogen (secondary N) is 3. The lowest BCUT2D eigenvalue weighted by Crippen LogP contribution is -2.49. The van der Waals surface area contributed by atoms with Crippen molar-refractivity contribution in [1.29, 1.82) is 0 Å². The van der Waals surface area contributed by atoms with Crippen molar-refractivity contribution < 1.29 is 19.1 Å². The molecule has 0 aliphatic carbocycles. The predicted molar refractivity (Wildman–Crippen MR) is 113 cm³/mol. The summed E-state index contributed by atoms with van der Waals surface area (Å²) in [5.74, 6) is -0.639. The third-order valence-corrected chi connectivity index (χ3v) is 4.39. The fourth-order valence-corrected chi connectivity index (χ4v) is 2.69. The summed E-state index contributed by atoms with van der Waals surface area (Å²) in [7, 11) is 0. The molecule has 0 aliphatic heterocycles. The molecule has 7 heteroatoms. The van der Waals surface area contributed by atoms with E-state index < -0.39 is 12.1 Å². The molecular weight excluding hydrogens is 370 g/mol. The van der Waals surface area contributed by atoms with Gasteiger partial charge in [0.2, 0.25) is 11.8 Å². The molecule has 3 N–H and O–H groups in total. The van der Waals surface area contributed by atoms with Crippen LogP contribution in [0.15, 0.2) is 30.3 Å². The van der Waals surface area contributed by atoms with E-state index in [1.54, 1.807) is 0 Å². The van der Waals surface area contributed by atoms with Gasteiger partial charge in [-0.05, 0) is 18.4 Å². The zero-order valence-corrected chi connectivity index (χ0v) is 17.7. The largest absolute Gasteiger partial charge is 0.445 e. The molecule has 1 atom stereocenters. The van der Waals surface area contributed by atoms with Crippen LogP contribution in [0.5, 0.6) is 0 Å². The molecule has 1 aromatic rings. The van der Waals surface area contributed by atoms with Crippen molar-refractivity contribution in [2.75, 3.05) is 13.1 Å². The zero-order valence-electron chi connectivity index (χ0n) is 17.7. The Bertz CT molecular complexity index is 607. The van der Waals surface area contributed by atoms with Gasteiger partial charge in [-0.15, -0.1) is 0 Å². The highest BCUT2D eigenvalue weighted by atomic mass is 16.5. The van der Waals surface area contributed by atoms with E-state index >= 15 is 0 Å². The summed E-state index contributed by atoms with van der Waals surface area (Å²) in [6, 6.07) is 8.30. The Balaban J connectivity index is 2.54. The van der Waals surface area contributed by atoms with Gasteiger partial charge in [0, 0.05) is 13.1 Å². The van der Waals surface area contributed by atoms with Crippen LogP contribution in [0, 0.1) is 0 Å². The average molecular weight is 406 g/mol. The van der Waals surface area contributed by atoms with Crippen LogP contribution < -0.4 is 16.0 Å². The summed E-state index contributed by atoms with van der Waals surface area (Å²) in [5, 5.41) is 8.11. The molecule has 0 spiro atoms. The van der Waals surface area contributed by atoms with Crippen molar-refractivity contribution in [3.8, 4) is 0 Å². The topological polar surface area (TPSA) is 96.5 Å². The van der Waals surface area contributed by atoms with Gasteiger partial charge in [-0.2, -0.15) is 0 Å². The summed E-state index contributed by atoms with van der Waals surface area (Å²) < 4.78 is 5.18. The molecule has 0 radical (unpaired) electrons. The van der Waals surface area contributed by atoms with Crippen LogP contribution in [0.2, 0.25) is 0 Å². The quantitative estimate of drug-likeness (QED) is 0.414. The number of ether oxygens (including phenoxy) is 1. The van der Waals surface area contributed by atoms with E-state index in [2.05, 4.69) is 29.8 Å². The average Bonchev–Trinajstić information content (AvgIpc) is 2.73. The second kappa shape index (κ2) is 15.4. The van der Waals surface area contributed by atoms with Gasteiger partial charge >= 0.3 is 6.09 Å². The van der Waals surface area contributed by atoms with E-state index in [0.717, 1.165) is 44.1 Å². The number of hydrogen-bond donors (Lipinski definition) is 3. The molecule has 7 nitrogen and oxygen atoms in total. The normalized spacial score (nSPS) is 11.4. The number of alkyl carbamates (subject to hydrolysis) is 1. The molecule has 1 rings (SSSR count). The summed E-state index contributed by atoms with van der Waals surface area (Å²) in [6.45, 7) is 5.35. The Hall–Kier alpha value is -2.57. The second-order valence-electron chi connectivity index (χ2n) is 7.02. The van der Waals surface area contributed by atoms with Gasteiger partial charge in [0.25, 0.3) is 0 Å². The lowest BCUT2D eigenvalue weighted by molar-refractivity contribution is -0.128. The fourth-order valence-electron chi connectivity index (χ4n) is 2.69. The first-order valence-corrected chi connectivity index (χ1v) is 10.6. The number of unbranched alkanes of at least 4 members (excludes halogenated alkanes) is 4. The van der Waals surface area contributed by atoms with Crippen LogP contribution in [-0.4, -0.2) is 37.0 Å². The Morgan fingerprint density at radius 2 is 1.52 bits per heavy atom. The van der Waals surface area contributed by atoms with E-state index in [1.807, 2.05) is 30.3 Å². The van der Waals surface area contributed by atoms with Crippen molar-refractivity contribution in [3.63, 3.8) is 0 Å². The minimum atomic E-state index is -0.967. The smallest absolute Gasteiger partial charge is 0.408 e. The summed E-state index contributed by atoms with van der Waals surface area (Å²) >= 11 is 0.